The number of aldehydes is 1. The normalized spacial score (nSPS) is 10.4. The van der Waals surface area contributed by atoms with Gasteiger partial charge in [0.05, 0.1) is 10.5 Å². The van der Waals surface area contributed by atoms with Crippen molar-refractivity contribution in [1.82, 2.24) is 4.98 Å². The number of alkyl halides is 2. The molecule has 0 radical (unpaired) electrons. The van der Waals surface area contributed by atoms with Crippen molar-refractivity contribution in [3.8, 4) is 0 Å². The second-order valence-corrected chi connectivity index (χ2v) is 2.75. The van der Waals surface area contributed by atoms with Crippen LogP contribution in [-0.2, 0) is 0 Å². The number of nitro groups is 1. The number of carbonyl (C=O) groups is 1. The predicted octanol–water partition coefficient (Wildman–Crippen LogP) is 2.05. The van der Waals surface area contributed by atoms with Crippen molar-refractivity contribution in [1.29, 1.82) is 0 Å². The Morgan fingerprint density at radius 3 is 2.60 bits per heavy atom. The van der Waals surface area contributed by atoms with E-state index in [0.29, 0.717) is 0 Å². The molecule has 0 spiro atoms. The zero-order valence-corrected chi connectivity index (χ0v) is 7.61. The lowest BCUT2D eigenvalue weighted by molar-refractivity contribution is -0.386. The van der Waals surface area contributed by atoms with Crippen LogP contribution in [0, 0.1) is 17.0 Å². The highest BCUT2D eigenvalue weighted by atomic mass is 19.3. The van der Waals surface area contributed by atoms with Crippen LogP contribution < -0.4 is 0 Å². The van der Waals surface area contributed by atoms with E-state index in [1.807, 2.05) is 0 Å². The van der Waals surface area contributed by atoms with Gasteiger partial charge in [-0.3, -0.25) is 14.9 Å². The number of hydrogen-bond donors (Lipinski definition) is 0. The first-order chi connectivity index (χ1) is 6.97. The van der Waals surface area contributed by atoms with E-state index in [4.69, 9.17) is 0 Å². The van der Waals surface area contributed by atoms with Gasteiger partial charge in [0.1, 0.15) is 11.4 Å². The molecule has 0 atom stereocenters. The van der Waals surface area contributed by atoms with Gasteiger partial charge < -0.3 is 0 Å². The van der Waals surface area contributed by atoms with Gasteiger partial charge in [-0.25, -0.2) is 13.8 Å². The monoisotopic (exact) mass is 216 g/mol. The van der Waals surface area contributed by atoms with Gasteiger partial charge in [0.25, 0.3) is 6.43 Å². The fraction of sp³-hybridized carbons (Fsp3) is 0.250. The Kier molecular flexibility index (Phi) is 3.03. The molecule has 0 aromatic carbocycles. The van der Waals surface area contributed by atoms with Crippen molar-refractivity contribution < 1.29 is 18.5 Å². The van der Waals surface area contributed by atoms with Crippen LogP contribution in [0.25, 0.3) is 0 Å². The number of rotatable bonds is 3. The summed E-state index contributed by atoms with van der Waals surface area (Å²) in [5.74, 6) is 0. The van der Waals surface area contributed by atoms with E-state index in [2.05, 4.69) is 4.98 Å². The fourth-order valence-corrected chi connectivity index (χ4v) is 1.15. The quantitative estimate of drug-likeness (QED) is 0.440. The largest absolute Gasteiger partial charge is 0.300 e. The molecule has 0 aliphatic carbocycles. The van der Waals surface area contributed by atoms with E-state index in [0.717, 1.165) is 6.07 Å². The molecule has 0 saturated heterocycles. The minimum atomic E-state index is -2.86. The van der Waals surface area contributed by atoms with Crippen LogP contribution in [0.1, 0.15) is 28.2 Å². The van der Waals surface area contributed by atoms with E-state index in [1.54, 1.807) is 0 Å². The first kappa shape index (κ1) is 11.2. The molecule has 0 saturated carbocycles. The van der Waals surface area contributed by atoms with Crippen LogP contribution in [0.4, 0.5) is 14.5 Å². The smallest absolute Gasteiger partial charge is 0.298 e. The van der Waals surface area contributed by atoms with Gasteiger partial charge >= 0.3 is 5.69 Å². The summed E-state index contributed by atoms with van der Waals surface area (Å²) in [6, 6.07) is 0.725. The Morgan fingerprint density at radius 1 is 1.60 bits per heavy atom. The van der Waals surface area contributed by atoms with E-state index in [1.165, 1.54) is 6.92 Å². The zero-order valence-electron chi connectivity index (χ0n) is 7.61. The van der Waals surface area contributed by atoms with E-state index >= 15 is 0 Å². The number of aryl methyl sites for hydroxylation is 1. The Morgan fingerprint density at radius 2 is 2.20 bits per heavy atom. The standard InChI is InChI=1S/C8H6F2N2O3/c1-4-7(12(14)15)5(3-13)2-6(11-4)8(9)10/h2-3,8H,1H3. The summed E-state index contributed by atoms with van der Waals surface area (Å²) in [4.78, 5) is 23.5. The van der Waals surface area contributed by atoms with Crippen molar-refractivity contribution >= 4 is 12.0 Å². The summed E-state index contributed by atoms with van der Waals surface area (Å²) < 4.78 is 24.5. The molecular weight excluding hydrogens is 210 g/mol. The van der Waals surface area contributed by atoms with Crippen molar-refractivity contribution in [2.24, 2.45) is 0 Å². The van der Waals surface area contributed by atoms with Gasteiger partial charge in [-0.15, -0.1) is 0 Å². The van der Waals surface area contributed by atoms with Crippen LogP contribution >= 0.6 is 0 Å². The average Bonchev–Trinajstić information content (AvgIpc) is 2.15. The average molecular weight is 216 g/mol. The van der Waals surface area contributed by atoms with Crippen LogP contribution in [0.2, 0.25) is 0 Å². The van der Waals surface area contributed by atoms with E-state index in [9.17, 15) is 23.7 Å². The van der Waals surface area contributed by atoms with Gasteiger partial charge in [-0.1, -0.05) is 0 Å². The van der Waals surface area contributed by atoms with E-state index in [-0.39, 0.29) is 17.5 Å². The molecule has 0 amide bonds. The first-order valence-corrected chi connectivity index (χ1v) is 3.86. The minimum absolute atomic E-state index is 0.165. The van der Waals surface area contributed by atoms with Crippen molar-refractivity contribution in [2.75, 3.05) is 0 Å². The Bertz CT molecular complexity index is 421. The minimum Gasteiger partial charge on any atom is -0.298 e. The molecule has 0 unspecified atom stereocenters. The van der Waals surface area contributed by atoms with Gasteiger partial charge in [0.2, 0.25) is 0 Å². The van der Waals surface area contributed by atoms with E-state index < -0.39 is 22.7 Å². The molecule has 80 valence electrons. The molecule has 0 fully saturated rings. The number of carbonyl (C=O) groups excluding carboxylic acids is 1. The third kappa shape index (κ3) is 2.12. The Hall–Kier alpha value is -1.92. The summed E-state index contributed by atoms with van der Waals surface area (Å²) in [6.45, 7) is 1.21. The third-order valence-corrected chi connectivity index (χ3v) is 1.75. The molecule has 1 aromatic heterocycles. The molecule has 1 rings (SSSR count). The van der Waals surface area contributed by atoms with Gasteiger partial charge in [-0.2, -0.15) is 0 Å². The third-order valence-electron chi connectivity index (χ3n) is 1.75. The molecular formula is C8H6F2N2O3. The van der Waals surface area contributed by atoms with Gasteiger partial charge in [0.15, 0.2) is 6.29 Å². The summed E-state index contributed by atoms with van der Waals surface area (Å²) >= 11 is 0. The van der Waals surface area contributed by atoms with Gasteiger partial charge in [0, 0.05) is 0 Å². The summed E-state index contributed by atoms with van der Waals surface area (Å²) in [7, 11) is 0. The second-order valence-electron chi connectivity index (χ2n) is 2.75. The lowest BCUT2D eigenvalue weighted by Crippen LogP contribution is -2.03. The molecule has 5 nitrogen and oxygen atoms in total. The summed E-state index contributed by atoms with van der Waals surface area (Å²) in [5.41, 5.74) is -1.75. The lowest BCUT2D eigenvalue weighted by atomic mass is 10.1. The fourth-order valence-electron chi connectivity index (χ4n) is 1.15. The van der Waals surface area contributed by atoms with Crippen LogP contribution in [0.3, 0.4) is 0 Å². The Balaban J connectivity index is 3.44. The maximum atomic E-state index is 12.2. The molecule has 15 heavy (non-hydrogen) atoms. The molecule has 0 N–H and O–H groups in total. The van der Waals surface area contributed by atoms with Crippen molar-refractivity contribution in [3.05, 3.63) is 33.1 Å². The number of nitrogens with zero attached hydrogens (tertiary/aromatic N) is 2. The molecule has 1 aromatic rings. The topological polar surface area (TPSA) is 73.1 Å². The van der Waals surface area contributed by atoms with Gasteiger partial charge in [-0.05, 0) is 13.0 Å². The molecule has 0 aliphatic heterocycles. The predicted molar refractivity (Wildman–Crippen MR) is 46.0 cm³/mol. The highest BCUT2D eigenvalue weighted by Crippen LogP contribution is 2.25. The maximum absolute atomic E-state index is 12.2. The molecule has 0 aliphatic rings. The van der Waals surface area contributed by atoms with Crippen LogP contribution in [0.5, 0.6) is 0 Å². The second kappa shape index (κ2) is 4.07. The summed E-state index contributed by atoms with van der Waals surface area (Å²) in [5, 5.41) is 10.5. The number of pyridine rings is 1. The highest BCUT2D eigenvalue weighted by molar-refractivity contribution is 5.82. The van der Waals surface area contributed by atoms with Crippen molar-refractivity contribution in [2.45, 2.75) is 13.3 Å². The maximum Gasteiger partial charge on any atom is 0.300 e. The molecule has 7 heteroatoms. The summed E-state index contributed by atoms with van der Waals surface area (Å²) in [6.07, 6.45) is -2.69. The Labute approximate surface area is 82.9 Å². The van der Waals surface area contributed by atoms with Crippen LogP contribution in [-0.4, -0.2) is 16.2 Å². The first-order valence-electron chi connectivity index (χ1n) is 3.86. The molecule has 0 bridgehead atoms. The number of aromatic nitrogens is 1. The van der Waals surface area contributed by atoms with Crippen molar-refractivity contribution in [3.63, 3.8) is 0 Å². The lowest BCUT2D eigenvalue weighted by Gasteiger charge is -2.03. The SMILES string of the molecule is Cc1nc(C(F)F)cc(C=O)c1[N+](=O)[O-]. The van der Waals surface area contributed by atoms with Crippen LogP contribution in [0.15, 0.2) is 6.07 Å². The molecule has 1 heterocycles. The zero-order chi connectivity index (χ0) is 11.6. The number of hydrogen-bond acceptors (Lipinski definition) is 4. The number of halogens is 2. The highest BCUT2D eigenvalue weighted by Gasteiger charge is 2.22.